The van der Waals surface area contributed by atoms with Gasteiger partial charge in [0, 0.05) is 18.2 Å². The van der Waals surface area contributed by atoms with E-state index in [-0.39, 0.29) is 5.91 Å². The van der Waals surface area contributed by atoms with Gasteiger partial charge in [-0.2, -0.15) is 0 Å². The fraction of sp³-hybridized carbons (Fsp3) is 0.562. The molecule has 0 spiro atoms. The number of quaternary nitrogens is 1. The topological polar surface area (TPSA) is 52.0 Å². The number of methoxy groups -OCH3 is 2. The summed E-state index contributed by atoms with van der Waals surface area (Å²) in [5.74, 6) is 2.10. The van der Waals surface area contributed by atoms with Crippen LogP contribution in [0, 0.1) is 5.92 Å². The van der Waals surface area contributed by atoms with Crippen molar-refractivity contribution in [3.63, 3.8) is 0 Å². The van der Waals surface area contributed by atoms with E-state index in [0.717, 1.165) is 35.1 Å². The molecule has 0 aromatic heterocycles. The molecule has 1 aromatic rings. The number of benzene rings is 1. The molecule has 1 aromatic carbocycles. The lowest BCUT2D eigenvalue weighted by Gasteiger charge is -2.16. The highest BCUT2D eigenvalue weighted by Crippen LogP contribution is 2.23. The highest BCUT2D eigenvalue weighted by Gasteiger charge is 2.14. The van der Waals surface area contributed by atoms with E-state index in [1.807, 2.05) is 25.2 Å². The van der Waals surface area contributed by atoms with Gasteiger partial charge in [0.1, 0.15) is 18.0 Å². The number of carbonyl (C=O) groups excluding carboxylic acids is 1. The number of amides is 1. The van der Waals surface area contributed by atoms with Gasteiger partial charge < -0.3 is 19.7 Å². The van der Waals surface area contributed by atoms with Gasteiger partial charge in [0.2, 0.25) is 0 Å². The molecule has 0 heterocycles. The summed E-state index contributed by atoms with van der Waals surface area (Å²) in [6.45, 7) is 6.06. The van der Waals surface area contributed by atoms with Crippen LogP contribution in [0.2, 0.25) is 0 Å². The molecule has 1 unspecified atom stereocenters. The molecule has 0 aliphatic heterocycles. The first kappa shape index (κ1) is 17.3. The summed E-state index contributed by atoms with van der Waals surface area (Å²) in [6.07, 6.45) is 0. The molecule has 0 saturated heterocycles. The highest BCUT2D eigenvalue weighted by atomic mass is 16.5. The van der Waals surface area contributed by atoms with Crippen molar-refractivity contribution in [3.8, 4) is 11.5 Å². The first-order valence-corrected chi connectivity index (χ1v) is 7.25. The van der Waals surface area contributed by atoms with Gasteiger partial charge >= 0.3 is 0 Å². The van der Waals surface area contributed by atoms with Crippen LogP contribution in [0.3, 0.4) is 0 Å². The van der Waals surface area contributed by atoms with Crippen LogP contribution in [-0.4, -0.2) is 40.3 Å². The van der Waals surface area contributed by atoms with E-state index in [9.17, 15) is 4.79 Å². The maximum atomic E-state index is 11.8. The average molecular weight is 295 g/mol. The highest BCUT2D eigenvalue weighted by molar-refractivity contribution is 5.76. The minimum Gasteiger partial charge on any atom is -0.497 e. The zero-order valence-electron chi connectivity index (χ0n) is 13.7. The summed E-state index contributed by atoms with van der Waals surface area (Å²) in [7, 11) is 5.27. The van der Waals surface area contributed by atoms with Crippen molar-refractivity contribution in [2.75, 3.05) is 34.4 Å². The van der Waals surface area contributed by atoms with E-state index in [0.29, 0.717) is 12.5 Å². The van der Waals surface area contributed by atoms with Crippen LogP contribution in [0.1, 0.15) is 19.4 Å². The quantitative estimate of drug-likeness (QED) is 0.734. The van der Waals surface area contributed by atoms with Crippen molar-refractivity contribution in [3.05, 3.63) is 23.8 Å². The molecule has 5 nitrogen and oxygen atoms in total. The van der Waals surface area contributed by atoms with Crippen LogP contribution in [0.5, 0.6) is 11.5 Å². The Labute approximate surface area is 127 Å². The third-order valence-corrected chi connectivity index (χ3v) is 3.16. The van der Waals surface area contributed by atoms with E-state index in [4.69, 9.17) is 9.47 Å². The standard InChI is InChI=1S/C16H26N2O3/c1-12(2)9-17-16(19)11-18(3)10-13-6-7-14(20-4)8-15(13)21-5/h6-8,12H,9-11H2,1-5H3,(H,17,19)/p+1. The van der Waals surface area contributed by atoms with E-state index >= 15 is 0 Å². The molecule has 0 bridgehead atoms. The number of hydrogen-bond donors (Lipinski definition) is 2. The minimum atomic E-state index is 0.0775. The normalized spacial score (nSPS) is 12.1. The number of ether oxygens (including phenoxy) is 2. The number of likely N-dealkylation sites (N-methyl/N-ethyl adjacent to an activating group) is 1. The molecule has 0 aliphatic rings. The SMILES string of the molecule is COc1ccc(C[NH+](C)CC(=O)NCC(C)C)c(OC)c1. The van der Waals surface area contributed by atoms with Gasteiger partial charge in [-0.1, -0.05) is 13.8 Å². The fourth-order valence-corrected chi connectivity index (χ4v) is 2.04. The summed E-state index contributed by atoms with van der Waals surface area (Å²) in [4.78, 5) is 12.9. The second-order valence-corrected chi connectivity index (χ2v) is 5.69. The molecule has 5 heteroatoms. The Hall–Kier alpha value is -1.75. The number of carbonyl (C=O) groups is 1. The monoisotopic (exact) mass is 295 g/mol. The number of hydrogen-bond acceptors (Lipinski definition) is 3. The van der Waals surface area contributed by atoms with Crippen LogP contribution >= 0.6 is 0 Å². The van der Waals surface area contributed by atoms with Gasteiger partial charge in [0.15, 0.2) is 6.54 Å². The van der Waals surface area contributed by atoms with Crippen LogP contribution in [0.15, 0.2) is 18.2 Å². The van der Waals surface area contributed by atoms with Gasteiger partial charge in [-0.05, 0) is 18.1 Å². The van der Waals surface area contributed by atoms with Crippen LogP contribution in [0.25, 0.3) is 0 Å². The largest absolute Gasteiger partial charge is 0.497 e. The average Bonchev–Trinajstić information content (AvgIpc) is 2.45. The third-order valence-electron chi connectivity index (χ3n) is 3.16. The van der Waals surface area contributed by atoms with E-state index < -0.39 is 0 Å². The lowest BCUT2D eigenvalue weighted by Crippen LogP contribution is -3.08. The lowest BCUT2D eigenvalue weighted by atomic mass is 10.1. The van der Waals surface area contributed by atoms with Crippen molar-refractivity contribution in [2.45, 2.75) is 20.4 Å². The Balaban J connectivity index is 2.58. The van der Waals surface area contributed by atoms with Gasteiger partial charge in [-0.15, -0.1) is 0 Å². The zero-order chi connectivity index (χ0) is 15.8. The van der Waals surface area contributed by atoms with Crippen LogP contribution in [-0.2, 0) is 11.3 Å². The Morgan fingerprint density at radius 3 is 2.57 bits per heavy atom. The summed E-state index contributed by atoms with van der Waals surface area (Å²) >= 11 is 0. The fourth-order valence-electron chi connectivity index (χ4n) is 2.04. The molecule has 2 N–H and O–H groups in total. The molecule has 0 aliphatic carbocycles. The summed E-state index contributed by atoms with van der Waals surface area (Å²) < 4.78 is 10.6. The van der Waals surface area contributed by atoms with Crippen molar-refractivity contribution < 1.29 is 19.2 Å². The third kappa shape index (κ3) is 6.04. The smallest absolute Gasteiger partial charge is 0.275 e. The van der Waals surface area contributed by atoms with Crippen molar-refractivity contribution in [1.29, 1.82) is 0 Å². The summed E-state index contributed by atoms with van der Waals surface area (Å²) in [6, 6.07) is 5.75. The predicted molar refractivity (Wildman–Crippen MR) is 82.9 cm³/mol. The van der Waals surface area contributed by atoms with E-state index in [1.165, 1.54) is 0 Å². The molecule has 21 heavy (non-hydrogen) atoms. The van der Waals surface area contributed by atoms with E-state index in [2.05, 4.69) is 19.2 Å². The molecule has 1 atom stereocenters. The van der Waals surface area contributed by atoms with Gasteiger partial charge in [-0.25, -0.2) is 0 Å². The summed E-state index contributed by atoms with van der Waals surface area (Å²) in [5, 5.41) is 2.93. The molecule has 1 amide bonds. The Morgan fingerprint density at radius 2 is 2.00 bits per heavy atom. The first-order chi connectivity index (χ1) is 9.96. The molecule has 0 radical (unpaired) electrons. The van der Waals surface area contributed by atoms with Gasteiger partial charge in [0.25, 0.3) is 5.91 Å². The molecule has 0 saturated carbocycles. The van der Waals surface area contributed by atoms with Crippen molar-refractivity contribution in [2.24, 2.45) is 5.92 Å². The zero-order valence-corrected chi connectivity index (χ0v) is 13.7. The lowest BCUT2D eigenvalue weighted by molar-refractivity contribution is -0.885. The molecule has 0 fully saturated rings. The Morgan fingerprint density at radius 1 is 1.29 bits per heavy atom. The maximum absolute atomic E-state index is 11.8. The molecule has 1 rings (SSSR count). The van der Waals surface area contributed by atoms with Crippen LogP contribution in [0.4, 0.5) is 0 Å². The number of rotatable bonds is 8. The second-order valence-electron chi connectivity index (χ2n) is 5.69. The van der Waals surface area contributed by atoms with Gasteiger partial charge in [0.05, 0.1) is 21.3 Å². The Kier molecular flexibility index (Phi) is 7.02. The minimum absolute atomic E-state index is 0.0775. The Bertz CT molecular complexity index is 461. The predicted octanol–water partition coefficient (Wildman–Crippen LogP) is 0.491. The first-order valence-electron chi connectivity index (χ1n) is 7.25. The van der Waals surface area contributed by atoms with Crippen LogP contribution < -0.4 is 19.7 Å². The maximum Gasteiger partial charge on any atom is 0.275 e. The molecular weight excluding hydrogens is 268 g/mol. The van der Waals surface area contributed by atoms with E-state index in [1.54, 1.807) is 14.2 Å². The second kappa shape index (κ2) is 8.52. The summed E-state index contributed by atoms with van der Waals surface area (Å²) in [5.41, 5.74) is 1.06. The number of nitrogens with one attached hydrogen (secondary N) is 2. The molecular formula is C16H27N2O3+. The molecule has 118 valence electrons. The van der Waals surface area contributed by atoms with Crippen molar-refractivity contribution >= 4 is 5.91 Å². The van der Waals surface area contributed by atoms with Gasteiger partial charge in [-0.3, -0.25) is 4.79 Å². The van der Waals surface area contributed by atoms with Crippen molar-refractivity contribution in [1.82, 2.24) is 5.32 Å².